The quantitative estimate of drug-likeness (QED) is 0.769. The van der Waals surface area contributed by atoms with Gasteiger partial charge < -0.3 is 15.0 Å². The number of piperidine rings is 1. The van der Waals surface area contributed by atoms with Crippen LogP contribution in [0.2, 0.25) is 5.02 Å². The first-order valence-electron chi connectivity index (χ1n) is 9.07. The minimum atomic E-state index is 0. The van der Waals surface area contributed by atoms with Gasteiger partial charge in [0, 0.05) is 18.1 Å². The number of halogens is 2. The van der Waals surface area contributed by atoms with Gasteiger partial charge in [0.15, 0.2) is 0 Å². The van der Waals surface area contributed by atoms with Gasteiger partial charge in [-0.1, -0.05) is 35.9 Å². The van der Waals surface area contributed by atoms with E-state index in [9.17, 15) is 4.79 Å². The molecule has 0 unspecified atom stereocenters. The van der Waals surface area contributed by atoms with Crippen LogP contribution in [0.1, 0.15) is 28.8 Å². The normalized spacial score (nSPS) is 14.5. The van der Waals surface area contributed by atoms with Crippen LogP contribution < -0.4 is 10.1 Å². The number of likely N-dealkylation sites (tertiary alicyclic amines) is 1. The number of carbonyl (C=O) groups excluding carboxylic acids is 1. The highest BCUT2D eigenvalue weighted by atomic mass is 35.5. The molecule has 1 aliphatic rings. The molecular weight excluding hydrogens is 383 g/mol. The van der Waals surface area contributed by atoms with Crippen LogP contribution in [-0.2, 0) is 6.61 Å². The Morgan fingerprint density at radius 1 is 1.15 bits per heavy atom. The van der Waals surface area contributed by atoms with Crippen LogP contribution >= 0.6 is 24.0 Å². The molecule has 0 atom stereocenters. The van der Waals surface area contributed by atoms with E-state index in [1.807, 2.05) is 60.5 Å². The van der Waals surface area contributed by atoms with E-state index in [1.165, 1.54) is 0 Å². The second kappa shape index (κ2) is 10.5. The molecule has 2 aromatic carbocycles. The molecule has 0 saturated carbocycles. The number of carbonyl (C=O) groups is 1. The molecule has 0 aliphatic carbocycles. The van der Waals surface area contributed by atoms with Crippen LogP contribution in [0.25, 0.3) is 0 Å². The third-order valence-corrected chi connectivity index (χ3v) is 5.07. The monoisotopic (exact) mass is 408 g/mol. The lowest BCUT2D eigenvalue weighted by atomic mass is 9.96. The molecule has 1 aliphatic heterocycles. The molecule has 27 heavy (non-hydrogen) atoms. The fourth-order valence-corrected chi connectivity index (χ4v) is 3.44. The number of nitrogens with zero attached hydrogens (tertiary/aromatic N) is 1. The molecule has 6 heteroatoms. The summed E-state index contributed by atoms with van der Waals surface area (Å²) in [5.74, 6) is 1.34. The summed E-state index contributed by atoms with van der Waals surface area (Å²) in [6.45, 7) is 3.03. The van der Waals surface area contributed by atoms with E-state index < -0.39 is 0 Å². The maximum absolute atomic E-state index is 13.0. The summed E-state index contributed by atoms with van der Waals surface area (Å²) >= 11 is 5.92. The van der Waals surface area contributed by atoms with Crippen molar-refractivity contribution >= 4 is 29.9 Å². The van der Waals surface area contributed by atoms with Crippen LogP contribution in [-0.4, -0.2) is 37.5 Å². The topological polar surface area (TPSA) is 41.6 Å². The van der Waals surface area contributed by atoms with E-state index >= 15 is 0 Å². The first-order valence-corrected chi connectivity index (χ1v) is 9.45. The number of hydrogen-bond donors (Lipinski definition) is 1. The van der Waals surface area contributed by atoms with Gasteiger partial charge in [-0.2, -0.15) is 0 Å². The van der Waals surface area contributed by atoms with Crippen molar-refractivity contribution in [2.24, 2.45) is 5.92 Å². The van der Waals surface area contributed by atoms with Crippen molar-refractivity contribution in [3.05, 3.63) is 64.7 Å². The van der Waals surface area contributed by atoms with E-state index in [2.05, 4.69) is 5.32 Å². The van der Waals surface area contributed by atoms with Gasteiger partial charge in [0.05, 0.1) is 5.56 Å². The van der Waals surface area contributed by atoms with Gasteiger partial charge in [0.25, 0.3) is 5.91 Å². The lowest BCUT2D eigenvalue weighted by Crippen LogP contribution is -2.40. The van der Waals surface area contributed by atoms with Crippen molar-refractivity contribution in [2.75, 3.05) is 26.7 Å². The summed E-state index contributed by atoms with van der Waals surface area (Å²) in [4.78, 5) is 14.9. The molecular formula is C21H26Cl2N2O2. The van der Waals surface area contributed by atoms with Gasteiger partial charge >= 0.3 is 0 Å². The Morgan fingerprint density at radius 2 is 1.81 bits per heavy atom. The molecule has 1 fully saturated rings. The zero-order valence-corrected chi connectivity index (χ0v) is 17.1. The van der Waals surface area contributed by atoms with Crippen molar-refractivity contribution in [1.82, 2.24) is 10.2 Å². The number of hydrogen-bond acceptors (Lipinski definition) is 3. The molecule has 1 heterocycles. The molecule has 1 saturated heterocycles. The van der Waals surface area contributed by atoms with E-state index in [0.717, 1.165) is 38.0 Å². The van der Waals surface area contributed by atoms with E-state index in [0.29, 0.717) is 28.9 Å². The molecule has 3 rings (SSSR count). The Labute approximate surface area is 172 Å². The second-order valence-electron chi connectivity index (χ2n) is 6.70. The maximum atomic E-state index is 13.0. The molecule has 2 aromatic rings. The SMILES string of the molecule is CNCC1CCN(C(=O)c2ccccc2OCc2ccc(Cl)cc2)CC1.Cl. The highest BCUT2D eigenvalue weighted by molar-refractivity contribution is 6.30. The Balaban J connectivity index is 0.00000261. The number of amides is 1. The van der Waals surface area contributed by atoms with E-state index in [1.54, 1.807) is 0 Å². The lowest BCUT2D eigenvalue weighted by molar-refractivity contribution is 0.0686. The maximum Gasteiger partial charge on any atom is 0.257 e. The Hall–Kier alpha value is -1.75. The van der Waals surface area contributed by atoms with Gasteiger partial charge in [-0.05, 0) is 62.2 Å². The molecule has 146 valence electrons. The first-order chi connectivity index (χ1) is 12.7. The van der Waals surface area contributed by atoms with Gasteiger partial charge in [-0.25, -0.2) is 0 Å². The van der Waals surface area contributed by atoms with Gasteiger partial charge in [0.2, 0.25) is 0 Å². The van der Waals surface area contributed by atoms with Crippen molar-refractivity contribution in [2.45, 2.75) is 19.4 Å². The van der Waals surface area contributed by atoms with Crippen molar-refractivity contribution in [1.29, 1.82) is 0 Å². The average Bonchev–Trinajstić information content (AvgIpc) is 2.68. The molecule has 1 amide bonds. The van der Waals surface area contributed by atoms with E-state index in [-0.39, 0.29) is 18.3 Å². The highest BCUT2D eigenvalue weighted by Crippen LogP contribution is 2.24. The molecule has 0 bridgehead atoms. The highest BCUT2D eigenvalue weighted by Gasteiger charge is 2.25. The van der Waals surface area contributed by atoms with Gasteiger partial charge in [-0.3, -0.25) is 4.79 Å². The van der Waals surface area contributed by atoms with Gasteiger partial charge in [-0.15, -0.1) is 12.4 Å². The zero-order chi connectivity index (χ0) is 18.4. The third-order valence-electron chi connectivity index (χ3n) is 4.82. The van der Waals surface area contributed by atoms with Crippen molar-refractivity contribution in [3.63, 3.8) is 0 Å². The van der Waals surface area contributed by atoms with Crippen molar-refractivity contribution < 1.29 is 9.53 Å². The van der Waals surface area contributed by atoms with Gasteiger partial charge in [0.1, 0.15) is 12.4 Å². The fourth-order valence-electron chi connectivity index (χ4n) is 3.31. The average molecular weight is 409 g/mol. The Kier molecular flexibility index (Phi) is 8.42. The molecule has 0 spiro atoms. The number of nitrogens with one attached hydrogen (secondary N) is 1. The molecule has 0 aromatic heterocycles. The number of para-hydroxylation sites is 1. The zero-order valence-electron chi connectivity index (χ0n) is 15.5. The lowest BCUT2D eigenvalue weighted by Gasteiger charge is -2.32. The van der Waals surface area contributed by atoms with Crippen LogP contribution in [0, 0.1) is 5.92 Å². The number of rotatable bonds is 6. The van der Waals surface area contributed by atoms with Crippen LogP contribution in [0.4, 0.5) is 0 Å². The molecule has 4 nitrogen and oxygen atoms in total. The summed E-state index contributed by atoms with van der Waals surface area (Å²) in [7, 11) is 1.98. The first kappa shape index (κ1) is 21.5. The Bertz CT molecular complexity index is 729. The summed E-state index contributed by atoms with van der Waals surface area (Å²) in [6.07, 6.45) is 2.08. The largest absolute Gasteiger partial charge is 0.488 e. The Morgan fingerprint density at radius 3 is 2.48 bits per heavy atom. The standard InChI is InChI=1S/C21H25ClN2O2.ClH/c1-23-14-16-10-12-24(13-11-16)21(25)19-4-2-3-5-20(19)26-15-17-6-8-18(22)9-7-17;/h2-9,16,23H,10-15H2,1H3;1H. The third kappa shape index (κ3) is 5.86. The van der Waals surface area contributed by atoms with Crippen LogP contribution in [0.5, 0.6) is 5.75 Å². The molecule has 0 radical (unpaired) electrons. The predicted octanol–water partition coefficient (Wildman–Crippen LogP) is 4.41. The summed E-state index contributed by atoms with van der Waals surface area (Å²) in [6, 6.07) is 15.0. The van der Waals surface area contributed by atoms with Crippen LogP contribution in [0.3, 0.4) is 0 Å². The van der Waals surface area contributed by atoms with E-state index in [4.69, 9.17) is 16.3 Å². The fraction of sp³-hybridized carbons (Fsp3) is 0.381. The second-order valence-corrected chi connectivity index (χ2v) is 7.14. The number of ether oxygens (including phenoxy) is 1. The van der Waals surface area contributed by atoms with Crippen LogP contribution in [0.15, 0.2) is 48.5 Å². The smallest absolute Gasteiger partial charge is 0.257 e. The summed E-state index contributed by atoms with van der Waals surface area (Å²) < 4.78 is 5.93. The molecule has 1 N–H and O–H groups in total. The van der Waals surface area contributed by atoms with Crippen molar-refractivity contribution in [3.8, 4) is 5.75 Å². The summed E-state index contributed by atoms with van der Waals surface area (Å²) in [5, 5.41) is 3.93. The predicted molar refractivity (Wildman–Crippen MR) is 112 cm³/mol. The number of benzene rings is 2. The minimum absolute atomic E-state index is 0. The minimum Gasteiger partial charge on any atom is -0.488 e. The summed E-state index contributed by atoms with van der Waals surface area (Å²) in [5.41, 5.74) is 1.65.